The molecule has 0 aromatic heterocycles. The van der Waals surface area contributed by atoms with Crippen molar-refractivity contribution >= 4 is 0 Å². The van der Waals surface area contributed by atoms with Crippen LogP contribution in [0.1, 0.15) is 61.8 Å². The van der Waals surface area contributed by atoms with Crippen LogP contribution in [0.3, 0.4) is 0 Å². The lowest BCUT2D eigenvalue weighted by molar-refractivity contribution is 0.468. The van der Waals surface area contributed by atoms with Crippen molar-refractivity contribution in [1.29, 1.82) is 0 Å². The normalized spacial score (nSPS) is 11.5. The predicted octanol–water partition coefficient (Wildman–Crippen LogP) is 5.63. The van der Waals surface area contributed by atoms with E-state index in [1.165, 1.54) is 11.1 Å². The minimum atomic E-state index is 0.218. The lowest BCUT2D eigenvalue weighted by Crippen LogP contribution is -1.96. The average molecular weight is 298 g/mol. The van der Waals surface area contributed by atoms with Gasteiger partial charge in [-0.05, 0) is 72.2 Å². The molecule has 118 valence electrons. The molecule has 0 heterocycles. The molecule has 0 aliphatic carbocycles. The van der Waals surface area contributed by atoms with E-state index in [2.05, 4.69) is 27.7 Å². The van der Waals surface area contributed by atoms with Crippen molar-refractivity contribution in [3.05, 3.63) is 46.5 Å². The van der Waals surface area contributed by atoms with Gasteiger partial charge in [0.1, 0.15) is 11.5 Å². The molecule has 0 fully saturated rings. The lowest BCUT2D eigenvalue weighted by atomic mass is 9.89. The number of aromatic hydroxyl groups is 2. The van der Waals surface area contributed by atoms with Crippen LogP contribution in [0.5, 0.6) is 11.5 Å². The summed E-state index contributed by atoms with van der Waals surface area (Å²) in [5.74, 6) is 1.18. The Morgan fingerprint density at radius 3 is 1.23 bits per heavy atom. The molecular formula is C20H26O2. The van der Waals surface area contributed by atoms with E-state index in [-0.39, 0.29) is 11.5 Å². The molecule has 2 N–H and O–H groups in total. The van der Waals surface area contributed by atoms with E-state index >= 15 is 0 Å². The second kappa shape index (κ2) is 6.04. The molecular weight excluding hydrogens is 272 g/mol. The first-order chi connectivity index (χ1) is 10.2. The van der Waals surface area contributed by atoms with E-state index in [1.807, 2.05) is 26.0 Å². The lowest BCUT2D eigenvalue weighted by Gasteiger charge is -2.17. The minimum Gasteiger partial charge on any atom is -0.507 e. The monoisotopic (exact) mass is 298 g/mol. The first kappa shape index (κ1) is 16.4. The second-order valence-electron chi connectivity index (χ2n) is 6.76. The third kappa shape index (κ3) is 2.96. The van der Waals surface area contributed by atoms with Crippen molar-refractivity contribution in [1.82, 2.24) is 0 Å². The first-order valence-corrected chi connectivity index (χ1v) is 7.89. The summed E-state index contributed by atoms with van der Waals surface area (Å²) in [7, 11) is 0. The largest absolute Gasteiger partial charge is 0.507 e. The Kier molecular flexibility index (Phi) is 4.50. The molecule has 0 aliphatic heterocycles. The van der Waals surface area contributed by atoms with Gasteiger partial charge in [0.2, 0.25) is 0 Å². The van der Waals surface area contributed by atoms with E-state index in [0.717, 1.165) is 11.1 Å². The highest BCUT2D eigenvalue weighted by Gasteiger charge is 2.16. The molecule has 0 spiro atoms. The van der Waals surface area contributed by atoms with E-state index in [9.17, 15) is 10.2 Å². The standard InChI is InChI=1S/C20H26O2/c1-11(2)15-9-17(19(21)7-13(15)5)18-10-16(12(3)4)14(6)8-20(18)22/h7-12,21-22H,1-6H3. The third-order valence-electron chi connectivity index (χ3n) is 4.30. The molecule has 0 saturated carbocycles. The highest BCUT2D eigenvalue weighted by Crippen LogP contribution is 2.40. The number of phenolic OH excluding ortho intramolecular Hbond substituents is 2. The molecule has 2 heteroatoms. The highest BCUT2D eigenvalue weighted by molar-refractivity contribution is 5.77. The molecule has 2 nitrogen and oxygen atoms in total. The quantitative estimate of drug-likeness (QED) is 0.771. The fourth-order valence-electron chi connectivity index (χ4n) is 3.09. The molecule has 0 radical (unpaired) electrons. The van der Waals surface area contributed by atoms with Gasteiger partial charge in [0, 0.05) is 11.1 Å². The summed E-state index contributed by atoms with van der Waals surface area (Å²) in [5.41, 5.74) is 5.94. The van der Waals surface area contributed by atoms with Gasteiger partial charge in [0.15, 0.2) is 0 Å². The SMILES string of the molecule is Cc1cc(O)c(-c2cc(C(C)C)c(C)cc2O)cc1C(C)C. The van der Waals surface area contributed by atoms with Crippen LogP contribution in [0, 0.1) is 13.8 Å². The van der Waals surface area contributed by atoms with Gasteiger partial charge >= 0.3 is 0 Å². The van der Waals surface area contributed by atoms with Crippen LogP contribution in [-0.2, 0) is 0 Å². The predicted molar refractivity (Wildman–Crippen MR) is 92.9 cm³/mol. The Labute approximate surface area is 133 Å². The van der Waals surface area contributed by atoms with Gasteiger partial charge in [-0.3, -0.25) is 0 Å². The summed E-state index contributed by atoms with van der Waals surface area (Å²) in [6.07, 6.45) is 0. The number of aryl methyl sites for hydroxylation is 2. The Bertz CT molecular complexity index is 636. The summed E-state index contributed by atoms with van der Waals surface area (Å²) in [4.78, 5) is 0. The van der Waals surface area contributed by atoms with Crippen molar-refractivity contribution < 1.29 is 10.2 Å². The summed E-state index contributed by atoms with van der Waals surface area (Å²) in [5, 5.41) is 20.7. The van der Waals surface area contributed by atoms with Crippen LogP contribution in [0.15, 0.2) is 24.3 Å². The van der Waals surface area contributed by atoms with Gasteiger partial charge in [-0.15, -0.1) is 0 Å². The van der Waals surface area contributed by atoms with Crippen molar-refractivity contribution in [2.75, 3.05) is 0 Å². The van der Waals surface area contributed by atoms with Gasteiger partial charge in [0.25, 0.3) is 0 Å². The van der Waals surface area contributed by atoms with Gasteiger partial charge in [-0.25, -0.2) is 0 Å². The van der Waals surface area contributed by atoms with Crippen LogP contribution < -0.4 is 0 Å². The van der Waals surface area contributed by atoms with Gasteiger partial charge in [-0.1, -0.05) is 27.7 Å². The fraction of sp³-hybridized carbons (Fsp3) is 0.400. The highest BCUT2D eigenvalue weighted by atomic mass is 16.3. The second-order valence-corrected chi connectivity index (χ2v) is 6.76. The maximum absolute atomic E-state index is 10.4. The van der Waals surface area contributed by atoms with Crippen LogP contribution >= 0.6 is 0 Å². The molecule has 22 heavy (non-hydrogen) atoms. The molecule has 0 aliphatic rings. The topological polar surface area (TPSA) is 40.5 Å². The number of phenols is 2. The van der Waals surface area contributed by atoms with Crippen LogP contribution in [-0.4, -0.2) is 10.2 Å². The first-order valence-electron chi connectivity index (χ1n) is 7.89. The van der Waals surface area contributed by atoms with Crippen molar-refractivity contribution in [3.63, 3.8) is 0 Å². The number of hydrogen-bond donors (Lipinski definition) is 2. The van der Waals surface area contributed by atoms with Crippen LogP contribution in [0.25, 0.3) is 11.1 Å². The molecule has 0 atom stereocenters. The molecule has 2 aromatic carbocycles. The number of rotatable bonds is 3. The van der Waals surface area contributed by atoms with E-state index in [1.54, 1.807) is 12.1 Å². The zero-order valence-electron chi connectivity index (χ0n) is 14.4. The maximum atomic E-state index is 10.4. The Balaban J connectivity index is 2.71. The Morgan fingerprint density at radius 1 is 0.636 bits per heavy atom. The summed E-state index contributed by atoms with van der Waals surface area (Å²) < 4.78 is 0. The van der Waals surface area contributed by atoms with Crippen LogP contribution in [0.4, 0.5) is 0 Å². The fourth-order valence-corrected chi connectivity index (χ4v) is 3.09. The summed E-state index contributed by atoms with van der Waals surface area (Å²) >= 11 is 0. The Morgan fingerprint density at radius 2 is 0.955 bits per heavy atom. The molecule has 0 amide bonds. The van der Waals surface area contributed by atoms with Crippen molar-refractivity contribution in [2.45, 2.75) is 53.4 Å². The maximum Gasteiger partial charge on any atom is 0.123 e. The van der Waals surface area contributed by atoms with Crippen molar-refractivity contribution in [2.24, 2.45) is 0 Å². The molecule has 2 rings (SSSR count). The van der Waals surface area contributed by atoms with Crippen molar-refractivity contribution in [3.8, 4) is 22.6 Å². The zero-order chi connectivity index (χ0) is 16.6. The number of hydrogen-bond acceptors (Lipinski definition) is 2. The minimum absolute atomic E-state index is 0.218. The Hall–Kier alpha value is -1.96. The van der Waals surface area contributed by atoms with E-state index in [0.29, 0.717) is 23.0 Å². The smallest absolute Gasteiger partial charge is 0.123 e. The van der Waals surface area contributed by atoms with E-state index in [4.69, 9.17) is 0 Å². The molecule has 2 aromatic rings. The van der Waals surface area contributed by atoms with Crippen LogP contribution in [0.2, 0.25) is 0 Å². The number of benzene rings is 2. The van der Waals surface area contributed by atoms with E-state index < -0.39 is 0 Å². The molecule has 0 unspecified atom stereocenters. The third-order valence-corrected chi connectivity index (χ3v) is 4.30. The zero-order valence-corrected chi connectivity index (χ0v) is 14.4. The van der Waals surface area contributed by atoms with Gasteiger partial charge in [-0.2, -0.15) is 0 Å². The van der Waals surface area contributed by atoms with Gasteiger partial charge < -0.3 is 10.2 Å². The molecule has 0 bridgehead atoms. The molecule has 0 saturated heterocycles. The average Bonchev–Trinajstić information content (AvgIpc) is 2.39. The summed E-state index contributed by atoms with van der Waals surface area (Å²) in [6.45, 7) is 12.6. The van der Waals surface area contributed by atoms with Gasteiger partial charge in [0.05, 0.1) is 0 Å². The summed E-state index contributed by atoms with van der Waals surface area (Å²) in [6, 6.07) is 7.59.